The van der Waals surface area contributed by atoms with Crippen molar-refractivity contribution in [3.8, 4) is 0 Å². The normalized spacial score (nSPS) is 16.9. The van der Waals surface area contributed by atoms with Gasteiger partial charge in [0.1, 0.15) is 23.0 Å². The lowest BCUT2D eigenvalue weighted by Gasteiger charge is -2.29. The largest absolute Gasteiger partial charge is 0.381 e. The van der Waals surface area contributed by atoms with Gasteiger partial charge in [0.05, 0.1) is 56.5 Å². The number of carbonyl (C=O) groups excluding carboxylic acids is 3. The number of piperidine rings is 1. The van der Waals surface area contributed by atoms with Gasteiger partial charge in [0.25, 0.3) is 5.91 Å². The van der Waals surface area contributed by atoms with E-state index in [9.17, 15) is 14.4 Å². The van der Waals surface area contributed by atoms with Gasteiger partial charge in [-0.3, -0.25) is 19.7 Å². The highest BCUT2D eigenvalue weighted by Crippen LogP contribution is 2.39. The number of ether oxygens (including phenoxy) is 3. The average molecular weight is 570 g/mol. The Bertz CT molecular complexity index is 1380. The fourth-order valence-electron chi connectivity index (χ4n) is 4.74. The van der Waals surface area contributed by atoms with Crippen LogP contribution in [0, 0.1) is 0 Å². The smallest absolute Gasteiger partial charge is 0.255 e. The Kier molecular flexibility index (Phi) is 9.13. The molecule has 13 nitrogen and oxygen atoms in total. The third kappa shape index (κ3) is 6.21. The van der Waals surface area contributed by atoms with Gasteiger partial charge in [0.2, 0.25) is 11.8 Å². The summed E-state index contributed by atoms with van der Waals surface area (Å²) in [6.07, 6.45) is 2.00. The van der Waals surface area contributed by atoms with Crippen LogP contribution in [0.2, 0.25) is 0 Å². The minimum atomic E-state index is -0.701. The van der Waals surface area contributed by atoms with Gasteiger partial charge in [-0.2, -0.15) is 0 Å². The third-order valence-electron chi connectivity index (χ3n) is 6.64. The van der Waals surface area contributed by atoms with E-state index in [-0.39, 0.29) is 31.5 Å². The maximum Gasteiger partial charge on any atom is 0.255 e. The summed E-state index contributed by atoms with van der Waals surface area (Å²) in [5, 5.41) is 12.0. The number of thiophene rings is 1. The molecule has 2 aliphatic heterocycles. The number of hydrogen-bond donors (Lipinski definition) is 4. The number of anilines is 3. The summed E-state index contributed by atoms with van der Waals surface area (Å²) in [6, 6.07) is 4.83. The van der Waals surface area contributed by atoms with Crippen LogP contribution < -0.4 is 21.7 Å². The maximum absolute atomic E-state index is 13.4. The van der Waals surface area contributed by atoms with Crippen molar-refractivity contribution >= 4 is 56.5 Å². The molecule has 1 saturated heterocycles. The molecule has 0 aliphatic carbocycles. The van der Waals surface area contributed by atoms with Crippen molar-refractivity contribution in [2.24, 2.45) is 5.73 Å². The van der Waals surface area contributed by atoms with Crippen LogP contribution in [-0.2, 0) is 30.3 Å². The zero-order chi connectivity index (χ0) is 27.9. The molecule has 1 aromatic carbocycles. The van der Waals surface area contributed by atoms with Gasteiger partial charge in [-0.25, -0.2) is 9.97 Å². The van der Waals surface area contributed by atoms with Crippen LogP contribution in [0.3, 0.4) is 0 Å². The summed E-state index contributed by atoms with van der Waals surface area (Å²) in [5.41, 5.74) is 8.00. The average Bonchev–Trinajstić information content (AvgIpc) is 3.56. The van der Waals surface area contributed by atoms with Crippen LogP contribution in [0.4, 0.5) is 17.2 Å². The fraction of sp³-hybridized carbons (Fsp3) is 0.423. The highest BCUT2D eigenvalue weighted by atomic mass is 32.1. The molecule has 1 fully saturated rings. The Morgan fingerprint density at radius 3 is 2.65 bits per heavy atom. The highest BCUT2D eigenvalue weighted by molar-refractivity contribution is 7.16. The Morgan fingerprint density at radius 2 is 1.85 bits per heavy atom. The van der Waals surface area contributed by atoms with E-state index in [1.54, 1.807) is 6.07 Å². The molecule has 1 atom stereocenters. The molecular formula is C26H31N7O6S. The van der Waals surface area contributed by atoms with E-state index < -0.39 is 11.9 Å². The van der Waals surface area contributed by atoms with Crippen molar-refractivity contribution in [1.82, 2.24) is 20.2 Å². The van der Waals surface area contributed by atoms with Gasteiger partial charge in [0, 0.05) is 30.6 Å². The lowest BCUT2D eigenvalue weighted by atomic mass is 10.0. The number of carbonyl (C=O) groups is 3. The summed E-state index contributed by atoms with van der Waals surface area (Å²) in [5.74, 6) is -0.365. The van der Waals surface area contributed by atoms with Crippen molar-refractivity contribution in [3.05, 3.63) is 41.0 Å². The quantitative estimate of drug-likeness (QED) is 0.126. The molecule has 0 saturated carbocycles. The maximum atomic E-state index is 13.4. The summed E-state index contributed by atoms with van der Waals surface area (Å²) in [4.78, 5) is 48.7. The summed E-state index contributed by atoms with van der Waals surface area (Å²) < 4.78 is 16.1. The topological polar surface area (TPSA) is 170 Å². The van der Waals surface area contributed by atoms with E-state index in [4.69, 9.17) is 19.9 Å². The number of nitrogens with two attached hydrogens (primary N) is 1. The van der Waals surface area contributed by atoms with Crippen LogP contribution >= 0.6 is 11.3 Å². The molecule has 0 radical (unpaired) electrons. The van der Waals surface area contributed by atoms with E-state index in [0.717, 1.165) is 27.2 Å². The Morgan fingerprint density at radius 1 is 1.05 bits per heavy atom. The van der Waals surface area contributed by atoms with Gasteiger partial charge in [-0.15, -0.1) is 11.3 Å². The molecule has 14 heteroatoms. The first kappa shape index (κ1) is 27.9. The summed E-state index contributed by atoms with van der Waals surface area (Å²) in [7, 11) is 0. The fourth-order valence-corrected chi connectivity index (χ4v) is 5.47. The monoisotopic (exact) mass is 569 g/mol. The van der Waals surface area contributed by atoms with Crippen molar-refractivity contribution in [1.29, 1.82) is 0 Å². The molecule has 1 unspecified atom stereocenters. The molecule has 3 aromatic rings. The number of fused-ring (bicyclic) bond motifs is 2. The van der Waals surface area contributed by atoms with E-state index in [0.29, 0.717) is 57.4 Å². The summed E-state index contributed by atoms with van der Waals surface area (Å²) in [6.45, 7) is 2.99. The number of amides is 3. The molecule has 0 spiro atoms. The number of benzene rings is 1. The third-order valence-corrected chi connectivity index (χ3v) is 7.46. The predicted molar refractivity (Wildman–Crippen MR) is 148 cm³/mol. The van der Waals surface area contributed by atoms with Crippen molar-refractivity contribution < 1.29 is 28.6 Å². The van der Waals surface area contributed by atoms with E-state index in [1.165, 1.54) is 22.6 Å². The summed E-state index contributed by atoms with van der Waals surface area (Å²) >= 11 is 1.52. The number of nitrogens with zero attached hydrogens (tertiary/aromatic N) is 3. The van der Waals surface area contributed by atoms with Crippen molar-refractivity contribution in [2.45, 2.75) is 25.4 Å². The first-order valence-corrected chi connectivity index (χ1v) is 13.9. The van der Waals surface area contributed by atoms with Gasteiger partial charge in [-0.05, 0) is 30.0 Å². The van der Waals surface area contributed by atoms with Gasteiger partial charge in [-0.1, -0.05) is 0 Å². The lowest BCUT2D eigenvalue weighted by Crippen LogP contribution is -2.52. The van der Waals surface area contributed by atoms with Gasteiger partial charge < -0.3 is 35.5 Å². The second-order valence-electron chi connectivity index (χ2n) is 9.13. The number of hydrogen-bond acceptors (Lipinski definition) is 12. The minimum absolute atomic E-state index is 0.164. The van der Waals surface area contributed by atoms with E-state index >= 15 is 0 Å². The Hall–Kier alpha value is -3.69. The minimum Gasteiger partial charge on any atom is -0.381 e. The Balaban J connectivity index is 1.31. The lowest BCUT2D eigenvalue weighted by molar-refractivity contribution is -0.136. The molecular weight excluding hydrogens is 538 g/mol. The molecule has 3 amide bonds. The van der Waals surface area contributed by atoms with Gasteiger partial charge >= 0.3 is 0 Å². The van der Waals surface area contributed by atoms with Crippen LogP contribution in [0.1, 0.15) is 28.8 Å². The molecule has 2 aliphatic rings. The SMILES string of the molecule is NCOCCOCCOCCNc1c(Nc2ncnc3sccc23)ccc2c1CN(C1CCC(=O)NC1=O)C2=O. The molecule has 4 heterocycles. The van der Waals surface area contributed by atoms with Crippen molar-refractivity contribution in [2.75, 3.05) is 56.9 Å². The van der Waals surface area contributed by atoms with E-state index in [2.05, 4.69) is 25.9 Å². The second-order valence-corrected chi connectivity index (χ2v) is 10.0. The standard InChI is InChI=1S/C26H31N7O6S/c27-14-39-11-10-38-9-8-37-7-6-28-22-18-13-33(20-3-4-21(34)32-24(20)35)26(36)16(18)1-2-19(22)31-23-17-5-12-40-25(17)30-15-29-23/h1-2,5,12,15,20,28H,3-4,6-11,13-14,27H2,(H,29,30,31)(H,32,34,35). The highest BCUT2D eigenvalue weighted by Gasteiger charge is 2.40. The molecule has 212 valence electrons. The number of imide groups is 1. The van der Waals surface area contributed by atoms with Crippen LogP contribution in [0.25, 0.3) is 10.2 Å². The molecule has 2 aromatic heterocycles. The predicted octanol–water partition coefficient (Wildman–Crippen LogP) is 1.57. The zero-order valence-electron chi connectivity index (χ0n) is 21.8. The van der Waals surface area contributed by atoms with Crippen molar-refractivity contribution in [3.63, 3.8) is 0 Å². The number of aromatic nitrogens is 2. The molecule has 40 heavy (non-hydrogen) atoms. The van der Waals surface area contributed by atoms with Gasteiger partial charge in [0.15, 0.2) is 0 Å². The number of rotatable bonds is 14. The van der Waals surface area contributed by atoms with E-state index in [1.807, 2.05) is 17.5 Å². The Labute approximate surface area is 234 Å². The molecule has 5 rings (SSSR count). The zero-order valence-corrected chi connectivity index (χ0v) is 22.6. The first-order chi connectivity index (χ1) is 19.6. The van der Waals surface area contributed by atoms with Crippen LogP contribution in [-0.4, -0.2) is 84.9 Å². The first-order valence-electron chi connectivity index (χ1n) is 13.0. The molecule has 0 bridgehead atoms. The van der Waals surface area contributed by atoms with Crippen LogP contribution in [0.5, 0.6) is 0 Å². The molecule has 5 N–H and O–H groups in total. The number of nitrogens with one attached hydrogen (secondary N) is 3. The van der Waals surface area contributed by atoms with Crippen LogP contribution in [0.15, 0.2) is 29.9 Å². The second kappa shape index (κ2) is 13.1.